The number of nitrogens with zero attached hydrogens (tertiary/aromatic N) is 2. The number of halogens is 4. The highest BCUT2D eigenvalue weighted by atomic mass is 32.2. The van der Waals surface area contributed by atoms with E-state index in [0.717, 1.165) is 27.5 Å². The largest absolute Gasteiger partial charge is 0.481 e. The minimum Gasteiger partial charge on any atom is -0.481 e. The predicted molar refractivity (Wildman–Crippen MR) is 117 cm³/mol. The molecule has 5 nitrogen and oxygen atoms in total. The Kier molecular flexibility index (Phi) is 6.19. The van der Waals surface area contributed by atoms with Crippen LogP contribution in [0.3, 0.4) is 0 Å². The molecular weight excluding hydrogens is 480 g/mol. The molecule has 0 bridgehead atoms. The number of fused-ring (bicyclic) bond motifs is 1. The number of aromatic nitrogens is 2. The van der Waals surface area contributed by atoms with Gasteiger partial charge in [0.05, 0.1) is 11.3 Å². The number of carbonyl (C=O) groups is 1. The Balaban J connectivity index is 1.54. The topological polar surface area (TPSA) is 76.2 Å². The van der Waals surface area contributed by atoms with Crippen LogP contribution >= 0.6 is 23.1 Å². The summed E-state index contributed by atoms with van der Waals surface area (Å²) in [5.74, 6) is -1.69. The molecule has 2 heterocycles. The monoisotopic (exact) mass is 496 g/mol. The molecule has 11 heteroatoms. The SMILES string of the molecule is Cc1cc2nc(CC(=O)O)oc2cc1SCc1sc(-c2ccc(C(F)(F)F)c(F)c2)nc1C. The molecule has 0 radical (unpaired) electrons. The lowest BCUT2D eigenvalue weighted by atomic mass is 10.1. The number of carboxylic acids is 1. The van der Waals surface area contributed by atoms with Crippen LogP contribution in [0.5, 0.6) is 0 Å². The van der Waals surface area contributed by atoms with Crippen molar-refractivity contribution in [3.63, 3.8) is 0 Å². The van der Waals surface area contributed by atoms with Gasteiger partial charge in [-0.05, 0) is 43.7 Å². The highest BCUT2D eigenvalue weighted by molar-refractivity contribution is 7.98. The van der Waals surface area contributed by atoms with Crippen LogP contribution in [0.15, 0.2) is 39.6 Å². The van der Waals surface area contributed by atoms with Crippen molar-refractivity contribution < 1.29 is 31.9 Å². The van der Waals surface area contributed by atoms with E-state index in [9.17, 15) is 22.4 Å². The molecular formula is C22H16F4N2O3S2. The highest BCUT2D eigenvalue weighted by Gasteiger charge is 2.34. The first kappa shape index (κ1) is 23.2. The van der Waals surface area contributed by atoms with Crippen molar-refractivity contribution in [2.24, 2.45) is 0 Å². The number of rotatable bonds is 6. The zero-order valence-corrected chi connectivity index (χ0v) is 18.9. The van der Waals surface area contributed by atoms with Gasteiger partial charge in [0, 0.05) is 21.1 Å². The van der Waals surface area contributed by atoms with Gasteiger partial charge in [0.1, 0.15) is 22.8 Å². The fourth-order valence-corrected chi connectivity index (χ4v) is 5.41. The lowest BCUT2D eigenvalue weighted by molar-refractivity contribution is -0.140. The zero-order chi connectivity index (χ0) is 23.9. The summed E-state index contributed by atoms with van der Waals surface area (Å²) in [5.41, 5.74) is 1.70. The van der Waals surface area contributed by atoms with Gasteiger partial charge in [-0.15, -0.1) is 23.1 Å². The summed E-state index contributed by atoms with van der Waals surface area (Å²) in [4.78, 5) is 21.3. The summed E-state index contributed by atoms with van der Waals surface area (Å²) in [7, 11) is 0. The number of aryl methyl sites for hydroxylation is 2. The minimum absolute atomic E-state index is 0.130. The van der Waals surface area contributed by atoms with E-state index in [1.807, 2.05) is 13.0 Å². The zero-order valence-electron chi connectivity index (χ0n) is 17.3. The quantitative estimate of drug-likeness (QED) is 0.238. The Morgan fingerprint density at radius 2 is 1.94 bits per heavy atom. The van der Waals surface area contributed by atoms with Crippen LogP contribution in [0, 0.1) is 19.7 Å². The summed E-state index contributed by atoms with van der Waals surface area (Å²) in [6, 6.07) is 6.43. The number of benzene rings is 2. The van der Waals surface area contributed by atoms with E-state index < -0.39 is 23.5 Å². The van der Waals surface area contributed by atoms with Crippen LogP contribution in [0.4, 0.5) is 17.6 Å². The number of aliphatic carboxylic acids is 1. The molecule has 0 saturated carbocycles. The van der Waals surface area contributed by atoms with Gasteiger partial charge in [-0.25, -0.2) is 14.4 Å². The van der Waals surface area contributed by atoms with Crippen molar-refractivity contribution in [2.45, 2.75) is 37.1 Å². The Labute approximate surface area is 193 Å². The number of thioether (sulfide) groups is 1. The second-order valence-corrected chi connectivity index (χ2v) is 9.37. The van der Waals surface area contributed by atoms with E-state index >= 15 is 0 Å². The smallest absolute Gasteiger partial charge is 0.419 e. The minimum atomic E-state index is -4.75. The molecule has 33 heavy (non-hydrogen) atoms. The number of alkyl halides is 3. The first-order valence-electron chi connectivity index (χ1n) is 9.59. The van der Waals surface area contributed by atoms with Crippen molar-refractivity contribution in [2.75, 3.05) is 0 Å². The van der Waals surface area contributed by atoms with E-state index in [2.05, 4.69) is 9.97 Å². The molecule has 0 saturated heterocycles. The predicted octanol–water partition coefficient (Wildman–Crippen LogP) is 6.65. The van der Waals surface area contributed by atoms with E-state index in [1.54, 1.807) is 13.0 Å². The Morgan fingerprint density at radius 1 is 1.18 bits per heavy atom. The molecule has 4 rings (SSSR count). The van der Waals surface area contributed by atoms with Crippen molar-refractivity contribution in [3.8, 4) is 10.6 Å². The van der Waals surface area contributed by atoms with Gasteiger partial charge in [0.25, 0.3) is 0 Å². The molecule has 0 aliphatic rings. The maximum Gasteiger partial charge on any atom is 0.419 e. The molecule has 0 unspecified atom stereocenters. The molecule has 0 spiro atoms. The molecule has 0 amide bonds. The summed E-state index contributed by atoms with van der Waals surface area (Å²) in [6.07, 6.45) is -5.05. The van der Waals surface area contributed by atoms with Gasteiger partial charge in [0.2, 0.25) is 5.89 Å². The third-order valence-electron chi connectivity index (χ3n) is 4.80. The molecule has 1 N–H and O–H groups in total. The van der Waals surface area contributed by atoms with Crippen LogP contribution in [0.2, 0.25) is 0 Å². The second kappa shape index (κ2) is 8.79. The Morgan fingerprint density at radius 3 is 2.61 bits per heavy atom. The van der Waals surface area contributed by atoms with Crippen LogP contribution in [0.25, 0.3) is 21.7 Å². The molecule has 0 aliphatic heterocycles. The number of hydrogen-bond donors (Lipinski definition) is 1. The van der Waals surface area contributed by atoms with Gasteiger partial charge >= 0.3 is 12.1 Å². The number of thiazole rings is 1. The molecule has 4 aromatic rings. The summed E-state index contributed by atoms with van der Waals surface area (Å²) < 4.78 is 57.9. The van der Waals surface area contributed by atoms with E-state index in [-0.39, 0.29) is 17.9 Å². The van der Waals surface area contributed by atoms with Gasteiger partial charge in [-0.1, -0.05) is 6.07 Å². The number of oxazole rings is 1. The molecule has 2 aromatic heterocycles. The molecule has 0 atom stereocenters. The Bertz CT molecular complexity index is 1360. The van der Waals surface area contributed by atoms with Crippen molar-refractivity contribution in [1.29, 1.82) is 0 Å². The maximum atomic E-state index is 14.0. The molecule has 172 valence electrons. The first-order chi connectivity index (χ1) is 15.5. The van der Waals surface area contributed by atoms with Gasteiger partial charge < -0.3 is 9.52 Å². The average molecular weight is 497 g/mol. The Hall–Kier alpha value is -2.92. The lowest BCUT2D eigenvalue weighted by Gasteiger charge is -2.08. The van der Waals surface area contributed by atoms with E-state index in [0.29, 0.717) is 27.6 Å². The average Bonchev–Trinajstić information content (AvgIpc) is 3.26. The fraction of sp³-hybridized carbons (Fsp3) is 0.227. The maximum absolute atomic E-state index is 14.0. The fourth-order valence-electron chi connectivity index (χ4n) is 3.17. The van der Waals surface area contributed by atoms with Crippen LogP contribution < -0.4 is 0 Å². The van der Waals surface area contributed by atoms with Crippen LogP contribution in [0.1, 0.15) is 27.6 Å². The molecule has 0 fully saturated rings. The highest BCUT2D eigenvalue weighted by Crippen LogP contribution is 2.37. The van der Waals surface area contributed by atoms with Gasteiger partial charge in [-0.3, -0.25) is 4.79 Å². The van der Waals surface area contributed by atoms with E-state index in [1.165, 1.54) is 29.2 Å². The third kappa shape index (κ3) is 5.03. The summed E-state index contributed by atoms with van der Waals surface area (Å²) in [5, 5.41) is 9.35. The van der Waals surface area contributed by atoms with E-state index in [4.69, 9.17) is 9.52 Å². The van der Waals surface area contributed by atoms with Crippen molar-refractivity contribution in [3.05, 3.63) is 63.7 Å². The van der Waals surface area contributed by atoms with Crippen molar-refractivity contribution >= 4 is 40.2 Å². The summed E-state index contributed by atoms with van der Waals surface area (Å²) in [6.45, 7) is 3.70. The molecule has 0 aliphatic carbocycles. The van der Waals surface area contributed by atoms with Gasteiger partial charge in [0.15, 0.2) is 5.58 Å². The normalized spacial score (nSPS) is 11.9. The number of hydrogen-bond acceptors (Lipinski definition) is 6. The third-order valence-corrected chi connectivity index (χ3v) is 7.38. The van der Waals surface area contributed by atoms with Crippen molar-refractivity contribution in [1.82, 2.24) is 9.97 Å². The number of carboxylic acid groups (broad SMARTS) is 1. The van der Waals surface area contributed by atoms with Crippen LogP contribution in [-0.2, 0) is 23.1 Å². The second-order valence-electron chi connectivity index (χ2n) is 7.27. The first-order valence-corrected chi connectivity index (χ1v) is 11.4. The standard InChI is InChI=1S/C22H16F4N2O3S2/c1-10-5-15-16(31-19(28-15)8-20(29)30)7-17(10)32-9-18-11(2)27-21(33-18)12-3-4-13(14(23)6-12)22(24,25)26/h3-7H,8-9H2,1-2H3,(H,29,30). The van der Waals surface area contributed by atoms with Gasteiger partial charge in [-0.2, -0.15) is 13.2 Å². The van der Waals surface area contributed by atoms with Crippen LogP contribution in [-0.4, -0.2) is 21.0 Å². The summed E-state index contributed by atoms with van der Waals surface area (Å²) >= 11 is 2.81. The lowest BCUT2D eigenvalue weighted by Crippen LogP contribution is -2.07. The molecule has 2 aromatic carbocycles.